The van der Waals surface area contributed by atoms with Crippen molar-refractivity contribution >= 4 is 60.8 Å². The van der Waals surface area contributed by atoms with E-state index < -0.39 is 0 Å². The fraction of sp³-hybridized carbons (Fsp3) is 0. The largest absolute Gasteiger partial charge is 0.456 e. The van der Waals surface area contributed by atoms with E-state index in [0.29, 0.717) is 0 Å². The second kappa shape index (κ2) is 13.8. The van der Waals surface area contributed by atoms with Crippen LogP contribution in [-0.2, 0) is 0 Å². The van der Waals surface area contributed by atoms with Crippen LogP contribution in [0.15, 0.2) is 217 Å². The maximum atomic E-state index is 14.6. The number of rotatable bonds is 7. The molecule has 0 unspecified atom stereocenters. The number of nitrogens with zero attached hydrogens (tertiary/aromatic N) is 2. The summed E-state index contributed by atoms with van der Waals surface area (Å²) in [5.41, 5.74) is 14.6. The second-order valence-corrected chi connectivity index (χ2v) is 14.7. The Labute approximate surface area is 335 Å². The molecule has 2 heterocycles. The first kappa shape index (κ1) is 33.6. The molecule has 0 aliphatic heterocycles. The highest BCUT2D eigenvalue weighted by Crippen LogP contribution is 2.41. The van der Waals surface area contributed by atoms with E-state index in [-0.39, 0.29) is 5.82 Å². The van der Waals surface area contributed by atoms with Gasteiger partial charge >= 0.3 is 0 Å². The van der Waals surface area contributed by atoms with E-state index in [2.05, 4.69) is 179 Å². The van der Waals surface area contributed by atoms with E-state index in [1.165, 1.54) is 11.6 Å². The van der Waals surface area contributed by atoms with Crippen LogP contribution >= 0.6 is 0 Å². The number of anilines is 3. The van der Waals surface area contributed by atoms with Crippen LogP contribution in [0.25, 0.3) is 82.8 Å². The standard InChI is InChI=1S/C54H35FN2O/c55-41-26-32-48-47-17-7-8-19-50(47)57(51(48)35-41)45-16-9-13-39(33-45)37-21-27-43(28-22-37)56(42-14-5-2-6-15-42)44-29-23-38(24-30-44)46-18-10-20-52-54(46)49-31-25-40(34-53(49)58-52)36-11-3-1-4-12-36/h1-35H. The summed E-state index contributed by atoms with van der Waals surface area (Å²) in [5.74, 6) is -0.248. The van der Waals surface area contributed by atoms with E-state index in [1.54, 1.807) is 6.07 Å². The maximum Gasteiger partial charge on any atom is 0.136 e. The average Bonchev–Trinajstić information content (AvgIpc) is 3.83. The van der Waals surface area contributed by atoms with Crippen molar-refractivity contribution in [2.75, 3.05) is 4.90 Å². The highest BCUT2D eigenvalue weighted by atomic mass is 19.1. The third kappa shape index (κ3) is 5.74. The number of hydrogen-bond donors (Lipinski definition) is 0. The Balaban J connectivity index is 0.940. The van der Waals surface area contributed by atoms with Gasteiger partial charge in [-0.15, -0.1) is 0 Å². The molecule has 4 heteroatoms. The molecule has 0 saturated carbocycles. The van der Waals surface area contributed by atoms with Gasteiger partial charge in [-0.1, -0.05) is 121 Å². The summed E-state index contributed by atoms with van der Waals surface area (Å²) in [6.07, 6.45) is 0. The van der Waals surface area contributed by atoms with Gasteiger partial charge in [-0.25, -0.2) is 4.39 Å². The molecule has 58 heavy (non-hydrogen) atoms. The Bertz CT molecular complexity index is 3270. The smallest absolute Gasteiger partial charge is 0.136 e. The van der Waals surface area contributed by atoms with Crippen molar-refractivity contribution in [3.05, 3.63) is 218 Å². The fourth-order valence-electron chi connectivity index (χ4n) is 8.54. The molecule has 0 amide bonds. The van der Waals surface area contributed by atoms with Crippen LogP contribution in [0.2, 0.25) is 0 Å². The first-order chi connectivity index (χ1) is 28.7. The molecule has 11 aromatic rings. The highest BCUT2D eigenvalue weighted by molar-refractivity contribution is 6.13. The monoisotopic (exact) mass is 746 g/mol. The van der Waals surface area contributed by atoms with Crippen molar-refractivity contribution in [2.24, 2.45) is 0 Å². The van der Waals surface area contributed by atoms with Gasteiger partial charge < -0.3 is 13.9 Å². The summed E-state index contributed by atoms with van der Waals surface area (Å²) in [7, 11) is 0. The molecule has 2 aromatic heterocycles. The lowest BCUT2D eigenvalue weighted by Gasteiger charge is -2.26. The first-order valence-electron chi connectivity index (χ1n) is 19.5. The van der Waals surface area contributed by atoms with Gasteiger partial charge in [0.2, 0.25) is 0 Å². The lowest BCUT2D eigenvalue weighted by atomic mass is 9.97. The number of benzene rings is 9. The molecule has 3 nitrogen and oxygen atoms in total. The van der Waals surface area contributed by atoms with Crippen LogP contribution in [-0.4, -0.2) is 4.57 Å². The number of halogens is 1. The predicted octanol–water partition coefficient (Wildman–Crippen LogP) is 15.3. The molecular weight excluding hydrogens is 712 g/mol. The summed E-state index contributed by atoms with van der Waals surface area (Å²) in [6.45, 7) is 0. The van der Waals surface area contributed by atoms with Gasteiger partial charge in [0.25, 0.3) is 0 Å². The molecule has 0 fully saturated rings. The number of aromatic nitrogens is 1. The zero-order chi connectivity index (χ0) is 38.6. The molecule has 0 bridgehead atoms. The second-order valence-electron chi connectivity index (χ2n) is 14.7. The lowest BCUT2D eigenvalue weighted by Crippen LogP contribution is -2.09. The van der Waals surface area contributed by atoms with Crippen molar-refractivity contribution in [3.8, 4) is 39.1 Å². The quantitative estimate of drug-likeness (QED) is 0.162. The molecular formula is C54H35FN2O. The van der Waals surface area contributed by atoms with Gasteiger partial charge in [0.1, 0.15) is 17.0 Å². The van der Waals surface area contributed by atoms with Crippen LogP contribution in [0.4, 0.5) is 21.5 Å². The Morgan fingerprint density at radius 2 is 0.966 bits per heavy atom. The molecule has 9 aromatic carbocycles. The van der Waals surface area contributed by atoms with Crippen molar-refractivity contribution in [1.82, 2.24) is 4.57 Å². The lowest BCUT2D eigenvalue weighted by molar-refractivity contribution is 0.629. The molecule has 0 N–H and O–H groups in total. The third-order valence-electron chi connectivity index (χ3n) is 11.3. The normalized spacial score (nSPS) is 11.5. The first-order valence-corrected chi connectivity index (χ1v) is 19.5. The van der Waals surface area contributed by atoms with Crippen LogP contribution in [0.5, 0.6) is 0 Å². The van der Waals surface area contributed by atoms with Crippen molar-refractivity contribution < 1.29 is 8.81 Å². The fourth-order valence-corrected chi connectivity index (χ4v) is 8.54. The minimum absolute atomic E-state index is 0.248. The van der Waals surface area contributed by atoms with Crippen molar-refractivity contribution in [3.63, 3.8) is 0 Å². The maximum absolute atomic E-state index is 14.6. The summed E-state index contributed by atoms with van der Waals surface area (Å²) < 4.78 is 23.2. The van der Waals surface area contributed by atoms with Crippen molar-refractivity contribution in [1.29, 1.82) is 0 Å². The summed E-state index contributed by atoms with van der Waals surface area (Å²) in [4.78, 5) is 2.29. The molecule has 0 atom stereocenters. The minimum Gasteiger partial charge on any atom is -0.456 e. The Kier molecular flexibility index (Phi) is 8.00. The van der Waals surface area contributed by atoms with Gasteiger partial charge in [-0.3, -0.25) is 0 Å². The van der Waals surface area contributed by atoms with Gasteiger partial charge in [0, 0.05) is 44.3 Å². The van der Waals surface area contributed by atoms with E-state index in [1.807, 2.05) is 30.3 Å². The topological polar surface area (TPSA) is 21.3 Å². The number of para-hydroxylation sites is 2. The van der Waals surface area contributed by atoms with Gasteiger partial charge in [-0.2, -0.15) is 0 Å². The van der Waals surface area contributed by atoms with Gasteiger partial charge in [-0.05, 0) is 124 Å². The SMILES string of the molecule is Fc1ccc2c3ccccc3n(-c3cccc(-c4ccc(N(c5ccccc5)c5ccc(-c6cccc7oc8cc(-c9ccccc9)ccc8c67)cc5)cc4)c3)c2c1. The van der Waals surface area contributed by atoms with Crippen LogP contribution in [0, 0.1) is 5.82 Å². The number of hydrogen-bond acceptors (Lipinski definition) is 2. The Morgan fingerprint density at radius 1 is 0.379 bits per heavy atom. The van der Waals surface area contributed by atoms with Crippen LogP contribution in [0.1, 0.15) is 0 Å². The zero-order valence-electron chi connectivity index (χ0n) is 31.4. The van der Waals surface area contributed by atoms with E-state index in [0.717, 1.165) is 94.3 Å². The van der Waals surface area contributed by atoms with E-state index >= 15 is 0 Å². The van der Waals surface area contributed by atoms with E-state index in [4.69, 9.17) is 4.42 Å². The minimum atomic E-state index is -0.248. The van der Waals surface area contributed by atoms with Crippen molar-refractivity contribution in [2.45, 2.75) is 0 Å². The summed E-state index contributed by atoms with van der Waals surface area (Å²) in [5, 5.41) is 4.36. The highest BCUT2D eigenvalue weighted by Gasteiger charge is 2.17. The van der Waals surface area contributed by atoms with Crippen LogP contribution < -0.4 is 4.90 Å². The van der Waals surface area contributed by atoms with Crippen LogP contribution in [0.3, 0.4) is 0 Å². The number of fused-ring (bicyclic) bond motifs is 6. The Hall–Kier alpha value is -7.69. The molecule has 274 valence electrons. The third-order valence-corrected chi connectivity index (χ3v) is 11.3. The van der Waals surface area contributed by atoms with E-state index in [9.17, 15) is 4.39 Å². The zero-order valence-corrected chi connectivity index (χ0v) is 31.4. The molecule has 0 radical (unpaired) electrons. The number of furan rings is 1. The average molecular weight is 747 g/mol. The summed E-state index contributed by atoms with van der Waals surface area (Å²) >= 11 is 0. The molecule has 0 saturated heterocycles. The molecule has 11 rings (SSSR count). The molecule has 0 spiro atoms. The summed E-state index contributed by atoms with van der Waals surface area (Å²) in [6, 6.07) is 73.0. The molecule has 0 aliphatic carbocycles. The Morgan fingerprint density at radius 3 is 1.76 bits per heavy atom. The van der Waals surface area contributed by atoms with Gasteiger partial charge in [0.05, 0.1) is 11.0 Å². The molecule has 0 aliphatic rings. The predicted molar refractivity (Wildman–Crippen MR) is 239 cm³/mol. The van der Waals surface area contributed by atoms with Gasteiger partial charge in [0.15, 0.2) is 0 Å².